The molecule has 0 aliphatic carbocycles. The highest BCUT2D eigenvalue weighted by Gasteiger charge is 2.38. The molecule has 5 nitrogen and oxygen atoms in total. The monoisotopic (exact) mass is 302 g/mol. The third kappa shape index (κ3) is 4.05. The van der Waals surface area contributed by atoms with E-state index >= 15 is 0 Å². The van der Waals surface area contributed by atoms with Crippen LogP contribution in [-0.2, 0) is 30.4 Å². The fourth-order valence-electron chi connectivity index (χ4n) is 1.98. The molecule has 5 heteroatoms. The Kier molecular flexibility index (Phi) is 4.78. The molecule has 22 heavy (non-hydrogen) atoms. The van der Waals surface area contributed by atoms with Crippen molar-refractivity contribution in [2.75, 3.05) is 6.61 Å². The average Bonchev–Trinajstić information content (AvgIpc) is 2.43. The molecule has 1 aliphatic heterocycles. The lowest BCUT2D eigenvalue weighted by atomic mass is 10.1. The van der Waals surface area contributed by atoms with Gasteiger partial charge in [-0.15, -0.1) is 6.58 Å². The van der Waals surface area contributed by atoms with E-state index in [1.165, 1.54) is 19.9 Å². The van der Waals surface area contributed by atoms with Crippen LogP contribution in [0.2, 0.25) is 0 Å². The van der Waals surface area contributed by atoms with Crippen LogP contribution in [0.25, 0.3) is 6.08 Å². The number of esters is 2. The number of rotatable bonds is 5. The molecule has 0 atom stereocenters. The molecule has 1 aromatic rings. The second kappa shape index (κ2) is 6.58. The highest BCUT2D eigenvalue weighted by Crippen LogP contribution is 2.24. The molecule has 1 fully saturated rings. The Hall–Kier alpha value is -2.40. The maximum absolute atomic E-state index is 11.9. The lowest BCUT2D eigenvalue weighted by Crippen LogP contribution is -2.41. The quantitative estimate of drug-likeness (QED) is 0.275. The Labute approximate surface area is 129 Å². The van der Waals surface area contributed by atoms with E-state index in [2.05, 4.69) is 6.58 Å². The lowest BCUT2D eigenvalue weighted by Gasteiger charge is -2.29. The molecule has 0 N–H and O–H groups in total. The summed E-state index contributed by atoms with van der Waals surface area (Å²) < 4.78 is 15.5. The molecular formula is C17H18O5. The second-order valence-electron chi connectivity index (χ2n) is 5.29. The minimum atomic E-state index is -1.23. The lowest BCUT2D eigenvalue weighted by molar-refractivity contribution is -0.222. The van der Waals surface area contributed by atoms with Crippen LogP contribution >= 0.6 is 0 Å². The fourth-order valence-corrected chi connectivity index (χ4v) is 1.98. The van der Waals surface area contributed by atoms with E-state index in [-0.39, 0.29) is 5.57 Å². The first-order valence-electron chi connectivity index (χ1n) is 6.87. The van der Waals surface area contributed by atoms with Gasteiger partial charge < -0.3 is 14.2 Å². The predicted octanol–water partition coefficient (Wildman–Crippen LogP) is 2.61. The Morgan fingerprint density at radius 1 is 1.23 bits per heavy atom. The molecule has 1 saturated heterocycles. The van der Waals surface area contributed by atoms with E-state index in [1.807, 2.05) is 18.2 Å². The molecule has 0 spiro atoms. The smallest absolute Gasteiger partial charge is 0.348 e. The zero-order chi connectivity index (χ0) is 16.2. The van der Waals surface area contributed by atoms with Crippen molar-refractivity contribution >= 4 is 18.0 Å². The van der Waals surface area contributed by atoms with Crippen molar-refractivity contribution in [3.63, 3.8) is 0 Å². The number of benzene rings is 1. The molecule has 2 rings (SSSR count). The molecule has 0 saturated carbocycles. The largest absolute Gasteiger partial charge is 0.419 e. The first-order valence-corrected chi connectivity index (χ1v) is 6.87. The molecule has 1 aliphatic rings. The molecule has 0 bridgehead atoms. The van der Waals surface area contributed by atoms with Crippen molar-refractivity contribution in [2.45, 2.75) is 26.2 Å². The van der Waals surface area contributed by atoms with Crippen molar-refractivity contribution in [3.05, 3.63) is 53.6 Å². The molecule has 0 unspecified atom stereocenters. The van der Waals surface area contributed by atoms with Crippen LogP contribution in [0.5, 0.6) is 0 Å². The van der Waals surface area contributed by atoms with Crippen LogP contribution in [0.4, 0.5) is 0 Å². The highest BCUT2D eigenvalue weighted by molar-refractivity contribution is 6.18. The number of cyclic esters (lactones) is 2. The summed E-state index contributed by atoms with van der Waals surface area (Å²) in [5.41, 5.74) is 1.50. The Bertz CT molecular complexity index is 606. The zero-order valence-electron chi connectivity index (χ0n) is 12.6. The van der Waals surface area contributed by atoms with Gasteiger partial charge in [0.25, 0.3) is 5.79 Å². The van der Waals surface area contributed by atoms with Crippen molar-refractivity contribution in [2.24, 2.45) is 0 Å². The minimum Gasteiger partial charge on any atom is -0.419 e. The zero-order valence-corrected chi connectivity index (χ0v) is 12.6. The molecule has 1 heterocycles. The summed E-state index contributed by atoms with van der Waals surface area (Å²) in [6.07, 6.45) is 3.12. The maximum Gasteiger partial charge on any atom is 0.348 e. The van der Waals surface area contributed by atoms with Gasteiger partial charge in [0.1, 0.15) is 5.57 Å². The Balaban J connectivity index is 2.18. The predicted molar refractivity (Wildman–Crippen MR) is 80.5 cm³/mol. The van der Waals surface area contributed by atoms with Gasteiger partial charge in [-0.25, -0.2) is 9.59 Å². The van der Waals surface area contributed by atoms with E-state index in [9.17, 15) is 9.59 Å². The molecule has 1 aromatic carbocycles. The van der Waals surface area contributed by atoms with Crippen molar-refractivity contribution in [1.29, 1.82) is 0 Å². The van der Waals surface area contributed by atoms with E-state index in [0.717, 1.165) is 5.56 Å². The standard InChI is InChI=1S/C17H18O5/c1-4-8-20-11-13-7-5-6-12(9-13)10-14-15(18)21-17(2,3)22-16(14)19/h4-7,9-10H,1,8,11H2,2-3H3. The number of hydrogen-bond donors (Lipinski definition) is 0. The average molecular weight is 302 g/mol. The van der Waals surface area contributed by atoms with Gasteiger partial charge in [-0.05, 0) is 23.3 Å². The van der Waals surface area contributed by atoms with Crippen molar-refractivity contribution < 1.29 is 23.8 Å². The van der Waals surface area contributed by atoms with Crippen LogP contribution < -0.4 is 0 Å². The summed E-state index contributed by atoms with van der Waals surface area (Å²) in [5.74, 6) is -2.60. The molecule has 116 valence electrons. The Morgan fingerprint density at radius 3 is 2.55 bits per heavy atom. The molecule has 0 aromatic heterocycles. The topological polar surface area (TPSA) is 61.8 Å². The maximum atomic E-state index is 11.9. The van der Waals surface area contributed by atoms with E-state index in [0.29, 0.717) is 18.8 Å². The minimum absolute atomic E-state index is 0.122. The van der Waals surface area contributed by atoms with Crippen LogP contribution in [0.1, 0.15) is 25.0 Å². The van der Waals surface area contributed by atoms with Gasteiger partial charge in [0.2, 0.25) is 0 Å². The summed E-state index contributed by atoms with van der Waals surface area (Å²) in [5, 5.41) is 0. The summed E-state index contributed by atoms with van der Waals surface area (Å²) in [6.45, 7) is 7.48. The van der Waals surface area contributed by atoms with Gasteiger partial charge in [0, 0.05) is 13.8 Å². The molecule has 0 amide bonds. The number of carbonyl (C=O) groups is 2. The van der Waals surface area contributed by atoms with E-state index < -0.39 is 17.7 Å². The van der Waals surface area contributed by atoms with Crippen LogP contribution in [0.3, 0.4) is 0 Å². The van der Waals surface area contributed by atoms with Crippen LogP contribution in [0.15, 0.2) is 42.5 Å². The van der Waals surface area contributed by atoms with Gasteiger partial charge in [-0.2, -0.15) is 0 Å². The van der Waals surface area contributed by atoms with Crippen LogP contribution in [0, 0.1) is 0 Å². The highest BCUT2D eigenvalue weighted by atomic mass is 16.7. The number of ether oxygens (including phenoxy) is 3. The number of hydrogen-bond acceptors (Lipinski definition) is 5. The summed E-state index contributed by atoms with van der Waals surface area (Å²) in [7, 11) is 0. The van der Waals surface area contributed by atoms with Gasteiger partial charge in [-0.1, -0.05) is 24.3 Å². The van der Waals surface area contributed by atoms with E-state index in [1.54, 1.807) is 12.1 Å². The van der Waals surface area contributed by atoms with Gasteiger partial charge >= 0.3 is 11.9 Å². The van der Waals surface area contributed by atoms with Gasteiger partial charge in [0.05, 0.1) is 13.2 Å². The SMILES string of the molecule is C=CCOCc1cccc(C=C2C(=O)OC(C)(C)OC2=O)c1. The summed E-state index contributed by atoms with van der Waals surface area (Å²) in [6, 6.07) is 7.33. The normalized spacial score (nSPS) is 16.7. The second-order valence-corrected chi connectivity index (χ2v) is 5.29. The summed E-state index contributed by atoms with van der Waals surface area (Å²) in [4.78, 5) is 23.8. The van der Waals surface area contributed by atoms with Crippen molar-refractivity contribution in [3.8, 4) is 0 Å². The first-order chi connectivity index (χ1) is 10.4. The van der Waals surface area contributed by atoms with Gasteiger partial charge in [-0.3, -0.25) is 0 Å². The Morgan fingerprint density at radius 2 is 1.91 bits per heavy atom. The summed E-state index contributed by atoms with van der Waals surface area (Å²) >= 11 is 0. The van der Waals surface area contributed by atoms with Crippen LogP contribution in [-0.4, -0.2) is 24.3 Å². The third-order valence-electron chi connectivity index (χ3n) is 2.88. The number of carbonyl (C=O) groups excluding carboxylic acids is 2. The molecule has 0 radical (unpaired) electrons. The van der Waals surface area contributed by atoms with Gasteiger partial charge in [0.15, 0.2) is 0 Å². The molecular weight excluding hydrogens is 284 g/mol. The fraction of sp³-hybridized carbons (Fsp3) is 0.294. The first kappa shape index (κ1) is 16.0. The van der Waals surface area contributed by atoms with Crippen molar-refractivity contribution in [1.82, 2.24) is 0 Å². The third-order valence-corrected chi connectivity index (χ3v) is 2.88. The van der Waals surface area contributed by atoms with E-state index in [4.69, 9.17) is 14.2 Å².